The second kappa shape index (κ2) is 4.28. The van der Waals surface area contributed by atoms with Crippen molar-refractivity contribution in [1.29, 1.82) is 0 Å². The molecule has 2 atom stereocenters. The molecule has 3 rings (SSSR count). The van der Waals surface area contributed by atoms with E-state index in [2.05, 4.69) is 0 Å². The second-order valence-corrected chi connectivity index (χ2v) is 5.32. The third kappa shape index (κ3) is 2.04. The van der Waals surface area contributed by atoms with E-state index >= 15 is 0 Å². The van der Waals surface area contributed by atoms with Gasteiger partial charge in [-0.25, -0.2) is 8.78 Å². The van der Waals surface area contributed by atoms with Gasteiger partial charge in [0, 0.05) is 18.4 Å². The van der Waals surface area contributed by atoms with Crippen LogP contribution in [-0.4, -0.2) is 17.3 Å². The number of fused-ring (bicyclic) bond motifs is 2. The molecule has 0 aromatic heterocycles. The fourth-order valence-electron chi connectivity index (χ4n) is 3.09. The van der Waals surface area contributed by atoms with Gasteiger partial charge in [0.05, 0.1) is 17.8 Å². The largest absolute Gasteiger partial charge is 0.385 e. The Morgan fingerprint density at radius 2 is 1.67 bits per heavy atom. The zero-order valence-corrected chi connectivity index (χ0v) is 9.98. The Morgan fingerprint density at radius 1 is 1.11 bits per heavy atom. The van der Waals surface area contributed by atoms with Crippen LogP contribution in [0.1, 0.15) is 43.2 Å². The zero-order valence-electron chi connectivity index (χ0n) is 9.98. The summed E-state index contributed by atoms with van der Waals surface area (Å²) in [5.41, 5.74) is -0.186. The lowest BCUT2D eigenvalue weighted by molar-refractivity contribution is -0.115. The van der Waals surface area contributed by atoms with Gasteiger partial charge in [0.1, 0.15) is 0 Å². The van der Waals surface area contributed by atoms with Crippen molar-refractivity contribution in [3.05, 3.63) is 35.4 Å². The fraction of sp³-hybridized carbons (Fsp3) is 0.571. The average Bonchev–Trinajstić information content (AvgIpc) is 2.69. The summed E-state index contributed by atoms with van der Waals surface area (Å²) in [5.74, 6) is 0. The summed E-state index contributed by atoms with van der Waals surface area (Å²) in [7, 11) is 0. The number of rotatable bonds is 2. The number of ether oxygens (including phenoxy) is 1. The summed E-state index contributed by atoms with van der Waals surface area (Å²) in [6.07, 6.45) is 0.880. The number of halogens is 2. The van der Waals surface area contributed by atoms with Gasteiger partial charge in [-0.1, -0.05) is 24.3 Å². The molecule has 1 aromatic rings. The van der Waals surface area contributed by atoms with E-state index in [-0.39, 0.29) is 17.8 Å². The van der Waals surface area contributed by atoms with Crippen molar-refractivity contribution in [3.63, 3.8) is 0 Å². The van der Waals surface area contributed by atoms with Crippen LogP contribution in [0.15, 0.2) is 24.3 Å². The molecule has 2 saturated heterocycles. The highest BCUT2D eigenvalue weighted by molar-refractivity contribution is 5.29. The van der Waals surface area contributed by atoms with Crippen LogP contribution in [0.5, 0.6) is 0 Å². The molecule has 98 valence electrons. The average molecular weight is 254 g/mol. The molecule has 0 aliphatic carbocycles. The number of aliphatic hydroxyl groups is 1. The Bertz CT molecular complexity index is 418. The van der Waals surface area contributed by atoms with Crippen molar-refractivity contribution in [2.75, 3.05) is 0 Å². The Kier molecular flexibility index (Phi) is 2.87. The van der Waals surface area contributed by atoms with Gasteiger partial charge < -0.3 is 9.84 Å². The molecular formula is C14H16F2O2. The predicted octanol–water partition coefficient (Wildman–Crippen LogP) is 3.15. The summed E-state index contributed by atoms with van der Waals surface area (Å²) in [6.45, 7) is 0. The van der Waals surface area contributed by atoms with Crippen molar-refractivity contribution in [1.82, 2.24) is 0 Å². The third-order valence-electron chi connectivity index (χ3n) is 4.03. The summed E-state index contributed by atoms with van der Waals surface area (Å²) in [6, 6.07) is 6.03. The molecule has 1 N–H and O–H groups in total. The maximum absolute atomic E-state index is 12.5. The van der Waals surface area contributed by atoms with Crippen LogP contribution in [0.25, 0.3) is 0 Å². The van der Waals surface area contributed by atoms with E-state index in [4.69, 9.17) is 4.74 Å². The van der Waals surface area contributed by atoms with Crippen LogP contribution >= 0.6 is 0 Å². The standard InChI is InChI=1S/C14H16F2O2/c15-13(16)9-1-3-10(4-2-9)14(17)7-11-5-6-12(8-14)18-11/h1-4,11-13,17H,5-8H2. The first-order valence-corrected chi connectivity index (χ1v) is 6.33. The van der Waals surface area contributed by atoms with Gasteiger partial charge in [0.25, 0.3) is 6.43 Å². The minimum atomic E-state index is -2.46. The lowest BCUT2D eigenvalue weighted by Crippen LogP contribution is -2.38. The SMILES string of the molecule is OC1(c2ccc(C(F)F)cc2)CC2CCC(C1)O2. The van der Waals surface area contributed by atoms with E-state index in [9.17, 15) is 13.9 Å². The molecule has 2 nitrogen and oxygen atoms in total. The first-order chi connectivity index (χ1) is 8.57. The van der Waals surface area contributed by atoms with Crippen molar-refractivity contribution < 1.29 is 18.6 Å². The molecule has 0 radical (unpaired) electrons. The highest BCUT2D eigenvalue weighted by atomic mass is 19.3. The summed E-state index contributed by atoms with van der Waals surface area (Å²) in [5, 5.41) is 10.7. The highest BCUT2D eigenvalue weighted by Crippen LogP contribution is 2.44. The zero-order chi connectivity index (χ0) is 12.8. The molecule has 2 unspecified atom stereocenters. The molecule has 0 amide bonds. The van der Waals surface area contributed by atoms with E-state index in [1.807, 2.05) is 0 Å². The Balaban J connectivity index is 1.85. The van der Waals surface area contributed by atoms with Gasteiger partial charge in [0.15, 0.2) is 0 Å². The first-order valence-electron chi connectivity index (χ1n) is 6.33. The fourth-order valence-corrected chi connectivity index (χ4v) is 3.09. The second-order valence-electron chi connectivity index (χ2n) is 5.32. The lowest BCUT2D eigenvalue weighted by atomic mass is 9.83. The number of hydrogen-bond acceptors (Lipinski definition) is 2. The summed E-state index contributed by atoms with van der Waals surface area (Å²) >= 11 is 0. The molecule has 2 fully saturated rings. The van der Waals surface area contributed by atoms with Crippen LogP contribution in [0, 0.1) is 0 Å². The van der Waals surface area contributed by atoms with Crippen LogP contribution in [-0.2, 0) is 10.3 Å². The normalized spacial score (nSPS) is 35.1. The molecule has 2 bridgehead atoms. The smallest absolute Gasteiger partial charge is 0.263 e. The van der Waals surface area contributed by atoms with Crippen LogP contribution in [0.4, 0.5) is 8.78 Å². The number of alkyl halides is 2. The summed E-state index contributed by atoms with van der Waals surface area (Å²) < 4.78 is 30.7. The van der Waals surface area contributed by atoms with Crippen molar-refractivity contribution in [3.8, 4) is 0 Å². The molecule has 0 spiro atoms. The van der Waals surface area contributed by atoms with Crippen LogP contribution < -0.4 is 0 Å². The minimum Gasteiger partial charge on any atom is -0.385 e. The molecular weight excluding hydrogens is 238 g/mol. The van der Waals surface area contributed by atoms with Gasteiger partial charge in [-0.3, -0.25) is 0 Å². The quantitative estimate of drug-likeness (QED) is 0.878. The van der Waals surface area contributed by atoms with Gasteiger partial charge in [-0.05, 0) is 18.4 Å². The summed E-state index contributed by atoms with van der Waals surface area (Å²) in [4.78, 5) is 0. The lowest BCUT2D eigenvalue weighted by Gasteiger charge is -2.36. The Labute approximate surface area is 105 Å². The molecule has 2 aliphatic rings. The number of benzene rings is 1. The van der Waals surface area contributed by atoms with Crippen molar-refractivity contribution >= 4 is 0 Å². The van der Waals surface area contributed by atoms with E-state index in [0.29, 0.717) is 12.8 Å². The van der Waals surface area contributed by atoms with Crippen LogP contribution in [0.3, 0.4) is 0 Å². The molecule has 2 heterocycles. The van der Waals surface area contributed by atoms with Gasteiger partial charge in [0.2, 0.25) is 0 Å². The molecule has 4 heteroatoms. The third-order valence-corrected chi connectivity index (χ3v) is 4.03. The van der Waals surface area contributed by atoms with Gasteiger partial charge >= 0.3 is 0 Å². The molecule has 1 aromatic carbocycles. The van der Waals surface area contributed by atoms with Crippen molar-refractivity contribution in [2.45, 2.75) is 49.9 Å². The van der Waals surface area contributed by atoms with Gasteiger partial charge in [-0.15, -0.1) is 0 Å². The topological polar surface area (TPSA) is 29.5 Å². The molecule has 18 heavy (non-hydrogen) atoms. The van der Waals surface area contributed by atoms with Crippen molar-refractivity contribution in [2.24, 2.45) is 0 Å². The molecule has 0 saturated carbocycles. The first kappa shape index (κ1) is 12.1. The number of hydrogen-bond donors (Lipinski definition) is 1. The maximum atomic E-state index is 12.5. The highest BCUT2D eigenvalue weighted by Gasteiger charge is 2.44. The van der Waals surface area contributed by atoms with E-state index in [1.54, 1.807) is 12.1 Å². The monoisotopic (exact) mass is 254 g/mol. The van der Waals surface area contributed by atoms with Gasteiger partial charge in [-0.2, -0.15) is 0 Å². The predicted molar refractivity (Wildman–Crippen MR) is 62.4 cm³/mol. The Morgan fingerprint density at radius 3 is 2.17 bits per heavy atom. The maximum Gasteiger partial charge on any atom is 0.263 e. The van der Waals surface area contributed by atoms with E-state index < -0.39 is 12.0 Å². The minimum absolute atomic E-state index is 0.00242. The van der Waals surface area contributed by atoms with E-state index in [0.717, 1.165) is 18.4 Å². The Hall–Kier alpha value is -1.00. The van der Waals surface area contributed by atoms with E-state index in [1.165, 1.54) is 12.1 Å². The van der Waals surface area contributed by atoms with Crippen LogP contribution in [0.2, 0.25) is 0 Å². The molecule has 2 aliphatic heterocycles.